The van der Waals surface area contributed by atoms with Crippen molar-refractivity contribution < 1.29 is 28.9 Å². The lowest BCUT2D eigenvalue weighted by atomic mass is 9.91. The van der Waals surface area contributed by atoms with E-state index in [4.69, 9.17) is 13.9 Å². The molecule has 1 heterocycles. The van der Waals surface area contributed by atoms with Gasteiger partial charge in [-0.25, -0.2) is 4.79 Å². The van der Waals surface area contributed by atoms with Gasteiger partial charge in [0.05, 0.1) is 12.7 Å². The maximum Gasteiger partial charge on any atom is 0.336 e. The lowest BCUT2D eigenvalue weighted by Crippen LogP contribution is -2.42. The molecule has 0 aliphatic carbocycles. The van der Waals surface area contributed by atoms with Crippen molar-refractivity contribution in [1.82, 2.24) is 0 Å². The van der Waals surface area contributed by atoms with E-state index in [9.17, 15) is 19.8 Å². The summed E-state index contributed by atoms with van der Waals surface area (Å²) in [4.78, 5) is 23.7. The maximum atomic E-state index is 12.3. The molecule has 0 saturated heterocycles. The number of aliphatic hydroxyl groups excluding tert-OH is 1. The molecule has 0 radical (unpaired) electrons. The SMILES string of the molecule is COc1cc2oc(=O)ccc2cc1C(OC(=O)CC(C)C)C(O)C(C)(C)O. The summed E-state index contributed by atoms with van der Waals surface area (Å²) in [7, 11) is 1.41. The van der Waals surface area contributed by atoms with Crippen LogP contribution in [0.3, 0.4) is 0 Å². The van der Waals surface area contributed by atoms with Crippen LogP contribution in [0.5, 0.6) is 5.75 Å². The van der Waals surface area contributed by atoms with Gasteiger partial charge in [0, 0.05) is 29.5 Å². The first-order valence-electron chi connectivity index (χ1n) is 8.74. The van der Waals surface area contributed by atoms with E-state index >= 15 is 0 Å². The molecule has 2 N–H and O–H groups in total. The summed E-state index contributed by atoms with van der Waals surface area (Å²) in [6.07, 6.45) is -2.40. The summed E-state index contributed by atoms with van der Waals surface area (Å²) in [5.41, 5.74) is -1.38. The predicted molar refractivity (Wildman–Crippen MR) is 99.6 cm³/mol. The van der Waals surface area contributed by atoms with Crippen LogP contribution in [0.4, 0.5) is 0 Å². The number of carbonyl (C=O) groups excluding carboxylic acids is 1. The molecule has 1 aromatic carbocycles. The Morgan fingerprint density at radius 3 is 2.48 bits per heavy atom. The number of fused-ring (bicyclic) bond motifs is 1. The average molecular weight is 378 g/mol. The number of rotatable bonds is 7. The van der Waals surface area contributed by atoms with Gasteiger partial charge in [-0.15, -0.1) is 0 Å². The molecule has 0 amide bonds. The number of hydrogen-bond acceptors (Lipinski definition) is 7. The summed E-state index contributed by atoms with van der Waals surface area (Å²) >= 11 is 0. The first-order chi connectivity index (χ1) is 12.5. The minimum atomic E-state index is -1.54. The van der Waals surface area contributed by atoms with Crippen LogP contribution in [0.15, 0.2) is 33.5 Å². The van der Waals surface area contributed by atoms with Crippen molar-refractivity contribution >= 4 is 16.9 Å². The number of esters is 1. The van der Waals surface area contributed by atoms with Crippen LogP contribution in [0.2, 0.25) is 0 Å². The smallest absolute Gasteiger partial charge is 0.336 e. The first kappa shape index (κ1) is 20.9. The van der Waals surface area contributed by atoms with E-state index in [1.54, 1.807) is 12.1 Å². The maximum absolute atomic E-state index is 12.3. The summed E-state index contributed by atoms with van der Waals surface area (Å²) < 4.78 is 16.0. The highest BCUT2D eigenvalue weighted by Crippen LogP contribution is 2.37. The van der Waals surface area contributed by atoms with E-state index < -0.39 is 29.4 Å². The van der Waals surface area contributed by atoms with Crippen LogP contribution < -0.4 is 10.4 Å². The molecular weight excluding hydrogens is 352 g/mol. The first-order valence-corrected chi connectivity index (χ1v) is 8.74. The minimum Gasteiger partial charge on any atom is -0.496 e. The van der Waals surface area contributed by atoms with Gasteiger partial charge in [0.1, 0.15) is 17.4 Å². The molecule has 0 aliphatic heterocycles. The van der Waals surface area contributed by atoms with Gasteiger partial charge in [-0.05, 0) is 31.9 Å². The second-order valence-corrected chi connectivity index (χ2v) is 7.49. The number of hydrogen-bond donors (Lipinski definition) is 2. The van der Waals surface area contributed by atoms with Crippen molar-refractivity contribution in [3.8, 4) is 5.75 Å². The van der Waals surface area contributed by atoms with E-state index in [2.05, 4.69) is 0 Å². The van der Waals surface area contributed by atoms with Crippen molar-refractivity contribution in [3.05, 3.63) is 40.2 Å². The summed E-state index contributed by atoms with van der Waals surface area (Å²) in [5.74, 6) is -0.159. The van der Waals surface area contributed by atoms with E-state index in [1.165, 1.54) is 33.1 Å². The van der Waals surface area contributed by atoms with Crippen LogP contribution in [-0.2, 0) is 9.53 Å². The fourth-order valence-corrected chi connectivity index (χ4v) is 2.71. The van der Waals surface area contributed by atoms with Gasteiger partial charge in [-0.3, -0.25) is 4.79 Å². The Bertz CT molecular complexity index is 861. The van der Waals surface area contributed by atoms with Gasteiger partial charge < -0.3 is 24.1 Å². The Kier molecular flexibility index (Phi) is 6.28. The Hall–Kier alpha value is -2.38. The Morgan fingerprint density at radius 1 is 1.26 bits per heavy atom. The third kappa shape index (κ3) is 5.08. The highest BCUT2D eigenvalue weighted by Gasteiger charge is 2.38. The Morgan fingerprint density at radius 2 is 1.93 bits per heavy atom. The van der Waals surface area contributed by atoms with Crippen molar-refractivity contribution in [2.75, 3.05) is 7.11 Å². The molecule has 1 aromatic heterocycles. The van der Waals surface area contributed by atoms with Gasteiger partial charge >= 0.3 is 11.6 Å². The predicted octanol–water partition coefficient (Wildman–Crippen LogP) is 2.56. The number of methoxy groups -OCH3 is 1. The third-order valence-corrected chi connectivity index (χ3v) is 4.12. The normalized spacial score (nSPS) is 14.2. The largest absolute Gasteiger partial charge is 0.496 e. The van der Waals surface area contributed by atoms with Crippen LogP contribution in [0.1, 0.15) is 45.8 Å². The number of carbonyl (C=O) groups is 1. The molecule has 0 aliphatic rings. The summed E-state index contributed by atoms with van der Waals surface area (Å²) in [5, 5.41) is 21.5. The summed E-state index contributed by atoms with van der Waals surface area (Å²) in [6, 6.07) is 5.93. The number of ether oxygens (including phenoxy) is 2. The van der Waals surface area contributed by atoms with Crippen LogP contribution in [0, 0.1) is 5.92 Å². The van der Waals surface area contributed by atoms with Gasteiger partial charge in [0.25, 0.3) is 0 Å². The molecule has 0 bridgehead atoms. The van der Waals surface area contributed by atoms with Crippen molar-refractivity contribution in [1.29, 1.82) is 0 Å². The third-order valence-electron chi connectivity index (χ3n) is 4.12. The zero-order chi connectivity index (χ0) is 20.4. The quantitative estimate of drug-likeness (QED) is 0.563. The highest BCUT2D eigenvalue weighted by molar-refractivity contribution is 5.80. The number of aliphatic hydroxyl groups is 2. The topological polar surface area (TPSA) is 106 Å². The Labute approximate surface area is 157 Å². The molecule has 2 aromatic rings. The average Bonchev–Trinajstić information content (AvgIpc) is 2.56. The van der Waals surface area contributed by atoms with Crippen LogP contribution in [0.25, 0.3) is 11.0 Å². The van der Waals surface area contributed by atoms with E-state index in [-0.39, 0.29) is 18.1 Å². The van der Waals surface area contributed by atoms with Gasteiger partial charge in [0.15, 0.2) is 6.10 Å². The van der Waals surface area contributed by atoms with Gasteiger partial charge in [-0.1, -0.05) is 13.8 Å². The fourth-order valence-electron chi connectivity index (χ4n) is 2.71. The standard InChI is InChI=1S/C20H26O7/c1-11(2)8-17(22)27-18(19(23)20(3,4)24)13-9-12-6-7-16(21)26-14(12)10-15(13)25-5/h6-7,9-11,18-19,23-24H,8H2,1-5H3. The second-order valence-electron chi connectivity index (χ2n) is 7.49. The molecule has 27 heavy (non-hydrogen) atoms. The van der Waals surface area contributed by atoms with E-state index in [0.29, 0.717) is 16.5 Å². The van der Waals surface area contributed by atoms with Gasteiger partial charge in [0.2, 0.25) is 0 Å². The molecule has 0 spiro atoms. The molecule has 7 nitrogen and oxygen atoms in total. The number of benzene rings is 1. The monoisotopic (exact) mass is 378 g/mol. The van der Waals surface area contributed by atoms with E-state index in [0.717, 1.165) is 0 Å². The van der Waals surface area contributed by atoms with E-state index in [1.807, 2.05) is 13.8 Å². The van der Waals surface area contributed by atoms with Crippen molar-refractivity contribution in [2.24, 2.45) is 5.92 Å². The molecule has 7 heteroatoms. The van der Waals surface area contributed by atoms with Crippen molar-refractivity contribution in [2.45, 2.75) is 51.9 Å². The van der Waals surface area contributed by atoms with Crippen molar-refractivity contribution in [3.63, 3.8) is 0 Å². The second kappa shape index (κ2) is 8.10. The van der Waals surface area contributed by atoms with Gasteiger partial charge in [-0.2, -0.15) is 0 Å². The fraction of sp³-hybridized carbons (Fsp3) is 0.500. The molecular formula is C20H26O7. The summed E-state index contributed by atoms with van der Waals surface area (Å²) in [6.45, 7) is 6.60. The minimum absolute atomic E-state index is 0.0743. The Balaban J connectivity index is 2.57. The molecule has 2 unspecified atom stereocenters. The molecule has 2 rings (SSSR count). The van der Waals surface area contributed by atoms with Crippen LogP contribution in [-0.4, -0.2) is 35.0 Å². The lowest BCUT2D eigenvalue weighted by Gasteiger charge is -2.32. The zero-order valence-corrected chi connectivity index (χ0v) is 16.2. The molecule has 2 atom stereocenters. The zero-order valence-electron chi connectivity index (χ0n) is 16.2. The van der Waals surface area contributed by atoms with Crippen LogP contribution >= 0.6 is 0 Å². The molecule has 148 valence electrons. The highest BCUT2D eigenvalue weighted by atomic mass is 16.6. The molecule has 0 saturated carbocycles. The molecule has 0 fully saturated rings. The lowest BCUT2D eigenvalue weighted by molar-refractivity contribution is -0.168.